The molecule has 144 valence electrons. The van der Waals surface area contributed by atoms with E-state index in [1.54, 1.807) is 0 Å². The fourth-order valence-electron chi connectivity index (χ4n) is 3.59. The van der Waals surface area contributed by atoms with E-state index in [1.807, 2.05) is 38.2 Å². The minimum Gasteiger partial charge on any atom is -0.352 e. The van der Waals surface area contributed by atoms with Crippen molar-refractivity contribution < 1.29 is 4.79 Å². The summed E-state index contributed by atoms with van der Waals surface area (Å²) in [4.78, 5) is 18.5. The molecule has 0 spiro atoms. The Hall–Kier alpha value is -2.04. The zero-order valence-corrected chi connectivity index (χ0v) is 16.7. The molecule has 0 atom stereocenters. The van der Waals surface area contributed by atoms with Gasteiger partial charge in [-0.1, -0.05) is 31.9 Å². The van der Waals surface area contributed by atoms with Crippen molar-refractivity contribution in [1.82, 2.24) is 15.5 Å². The highest BCUT2D eigenvalue weighted by Gasteiger charge is 2.20. The molecule has 5 nitrogen and oxygen atoms in total. The third kappa shape index (κ3) is 6.04. The normalized spacial score (nSPS) is 20.5. The largest absolute Gasteiger partial charge is 0.352 e. The smallest absolute Gasteiger partial charge is 0.251 e. The molecule has 5 heteroatoms. The van der Waals surface area contributed by atoms with E-state index in [2.05, 4.69) is 34.5 Å². The Labute approximate surface area is 158 Å². The maximum atomic E-state index is 11.8. The maximum Gasteiger partial charge on any atom is 0.251 e. The van der Waals surface area contributed by atoms with E-state index >= 15 is 0 Å². The summed E-state index contributed by atoms with van der Waals surface area (Å²) in [5.74, 6) is 2.56. The van der Waals surface area contributed by atoms with Crippen molar-refractivity contribution >= 4 is 11.9 Å². The number of hydrogen-bond donors (Lipinski definition) is 2. The molecule has 2 rings (SSSR count). The Bertz CT molecular complexity index is 589. The number of amides is 1. The molecule has 1 aliphatic rings. The third-order valence-corrected chi connectivity index (χ3v) is 5.24. The average Bonchev–Trinajstić information content (AvgIpc) is 2.65. The molecule has 0 heterocycles. The Morgan fingerprint density at radius 3 is 2.38 bits per heavy atom. The molecule has 0 saturated heterocycles. The Morgan fingerprint density at radius 2 is 1.81 bits per heavy atom. The van der Waals surface area contributed by atoms with Crippen LogP contribution in [0.2, 0.25) is 0 Å². The molecule has 1 saturated carbocycles. The van der Waals surface area contributed by atoms with Crippen LogP contribution in [0.1, 0.15) is 55.5 Å². The number of guanidine groups is 1. The number of carbonyl (C=O) groups is 1. The highest BCUT2D eigenvalue weighted by molar-refractivity contribution is 5.94. The zero-order chi connectivity index (χ0) is 18.9. The molecule has 0 aromatic heterocycles. The van der Waals surface area contributed by atoms with Crippen LogP contribution in [-0.4, -0.2) is 44.0 Å². The van der Waals surface area contributed by atoms with Gasteiger partial charge in [0.15, 0.2) is 5.96 Å². The summed E-state index contributed by atoms with van der Waals surface area (Å²) in [6, 6.07) is 7.73. The van der Waals surface area contributed by atoms with Gasteiger partial charge in [-0.05, 0) is 49.3 Å². The fraction of sp³-hybridized carbons (Fsp3) is 0.619. The maximum absolute atomic E-state index is 11.8. The summed E-state index contributed by atoms with van der Waals surface area (Å²) in [6.45, 7) is 6.69. The quantitative estimate of drug-likeness (QED) is 0.606. The average molecular weight is 359 g/mol. The van der Waals surface area contributed by atoms with Crippen LogP contribution in [0.15, 0.2) is 29.3 Å². The first-order valence-corrected chi connectivity index (χ1v) is 9.82. The molecule has 1 aromatic rings. The van der Waals surface area contributed by atoms with Gasteiger partial charge < -0.3 is 15.5 Å². The van der Waals surface area contributed by atoms with Crippen LogP contribution in [0, 0.1) is 11.8 Å². The predicted octanol–water partition coefficient (Wildman–Crippen LogP) is 3.27. The fourth-order valence-corrected chi connectivity index (χ4v) is 3.59. The molecule has 0 aliphatic heterocycles. The van der Waals surface area contributed by atoms with Crippen LogP contribution in [0.5, 0.6) is 0 Å². The predicted molar refractivity (Wildman–Crippen MR) is 108 cm³/mol. The topological polar surface area (TPSA) is 56.7 Å². The van der Waals surface area contributed by atoms with Gasteiger partial charge in [0.05, 0.1) is 0 Å². The summed E-state index contributed by atoms with van der Waals surface area (Å²) in [5.41, 5.74) is 1.84. The van der Waals surface area contributed by atoms with Crippen molar-refractivity contribution in [2.45, 2.75) is 46.1 Å². The van der Waals surface area contributed by atoms with Gasteiger partial charge in [0.1, 0.15) is 0 Å². The van der Waals surface area contributed by atoms with Crippen LogP contribution >= 0.6 is 0 Å². The number of carbonyl (C=O) groups excluding carboxylic acids is 1. The molecule has 1 fully saturated rings. The molecule has 26 heavy (non-hydrogen) atoms. The monoisotopic (exact) mass is 358 g/mol. The number of benzene rings is 1. The summed E-state index contributed by atoms with van der Waals surface area (Å²) in [5, 5.41) is 6.25. The van der Waals surface area contributed by atoms with Gasteiger partial charge in [0, 0.05) is 39.3 Å². The Morgan fingerprint density at radius 1 is 1.15 bits per heavy atom. The Balaban J connectivity index is 1.83. The second-order valence-electron chi connectivity index (χ2n) is 7.46. The Kier molecular flexibility index (Phi) is 7.95. The van der Waals surface area contributed by atoms with E-state index in [0.29, 0.717) is 18.7 Å². The summed E-state index contributed by atoms with van der Waals surface area (Å²) in [7, 11) is 3.95. The van der Waals surface area contributed by atoms with Gasteiger partial charge >= 0.3 is 0 Å². The van der Waals surface area contributed by atoms with Crippen LogP contribution in [-0.2, 0) is 6.54 Å². The van der Waals surface area contributed by atoms with Gasteiger partial charge in [-0.3, -0.25) is 9.79 Å². The highest BCUT2D eigenvalue weighted by Crippen LogP contribution is 2.28. The third-order valence-electron chi connectivity index (χ3n) is 5.24. The number of hydrogen-bond acceptors (Lipinski definition) is 2. The van der Waals surface area contributed by atoms with Crippen molar-refractivity contribution in [3.05, 3.63) is 35.4 Å². The van der Waals surface area contributed by atoms with Crippen molar-refractivity contribution in [3.63, 3.8) is 0 Å². The lowest BCUT2D eigenvalue weighted by Crippen LogP contribution is -2.41. The van der Waals surface area contributed by atoms with Crippen molar-refractivity contribution in [3.8, 4) is 0 Å². The van der Waals surface area contributed by atoms with Crippen molar-refractivity contribution in [2.24, 2.45) is 16.8 Å². The van der Waals surface area contributed by atoms with E-state index in [4.69, 9.17) is 0 Å². The molecule has 2 N–H and O–H groups in total. The molecular weight excluding hydrogens is 324 g/mol. The van der Waals surface area contributed by atoms with Gasteiger partial charge in [-0.2, -0.15) is 0 Å². The first-order chi connectivity index (χ1) is 12.5. The van der Waals surface area contributed by atoms with E-state index in [9.17, 15) is 4.79 Å². The summed E-state index contributed by atoms with van der Waals surface area (Å²) in [6.07, 6.45) is 5.35. The van der Waals surface area contributed by atoms with E-state index < -0.39 is 0 Å². The summed E-state index contributed by atoms with van der Waals surface area (Å²) < 4.78 is 0. The van der Waals surface area contributed by atoms with Crippen LogP contribution in [0.25, 0.3) is 0 Å². The molecule has 1 aromatic carbocycles. The van der Waals surface area contributed by atoms with E-state index in [-0.39, 0.29) is 5.91 Å². The van der Waals surface area contributed by atoms with Crippen LogP contribution in [0.3, 0.4) is 0 Å². The van der Waals surface area contributed by atoms with Gasteiger partial charge in [-0.25, -0.2) is 0 Å². The molecule has 1 amide bonds. The number of nitrogens with one attached hydrogen (secondary N) is 2. The van der Waals surface area contributed by atoms with Crippen LogP contribution < -0.4 is 10.6 Å². The van der Waals surface area contributed by atoms with Gasteiger partial charge in [0.25, 0.3) is 5.91 Å². The standard InChI is InChI=1S/C21H34N4O/c1-5-23-20(26)19-12-10-17(11-13-19)14-24-21(22-3)25(4)15-18-8-6-16(2)7-9-18/h10-13,16,18H,5-9,14-15H2,1-4H3,(H,22,24)(H,23,26). The molecule has 0 unspecified atom stereocenters. The van der Waals surface area contributed by atoms with Crippen LogP contribution in [0.4, 0.5) is 0 Å². The van der Waals surface area contributed by atoms with Gasteiger partial charge in [-0.15, -0.1) is 0 Å². The summed E-state index contributed by atoms with van der Waals surface area (Å²) >= 11 is 0. The second-order valence-corrected chi connectivity index (χ2v) is 7.46. The highest BCUT2D eigenvalue weighted by atomic mass is 16.1. The lowest BCUT2D eigenvalue weighted by atomic mass is 9.83. The lowest BCUT2D eigenvalue weighted by molar-refractivity contribution is 0.0956. The number of rotatable bonds is 6. The molecular formula is C21H34N4O. The first-order valence-electron chi connectivity index (χ1n) is 9.82. The second kappa shape index (κ2) is 10.2. The molecule has 1 aliphatic carbocycles. The first kappa shape index (κ1) is 20.3. The molecule has 0 bridgehead atoms. The lowest BCUT2D eigenvalue weighted by Gasteiger charge is -2.31. The van der Waals surface area contributed by atoms with E-state index in [0.717, 1.165) is 29.9 Å². The minimum atomic E-state index is -0.0237. The minimum absolute atomic E-state index is 0.0237. The zero-order valence-electron chi connectivity index (χ0n) is 16.7. The molecule has 0 radical (unpaired) electrons. The van der Waals surface area contributed by atoms with Crippen molar-refractivity contribution in [2.75, 3.05) is 27.2 Å². The van der Waals surface area contributed by atoms with E-state index in [1.165, 1.54) is 25.7 Å². The number of aliphatic imine (C=N–C) groups is 1. The number of nitrogens with zero attached hydrogens (tertiary/aromatic N) is 2. The SMILES string of the molecule is CCNC(=O)c1ccc(CNC(=NC)N(C)CC2CCC(C)CC2)cc1. The van der Waals surface area contributed by atoms with Crippen molar-refractivity contribution in [1.29, 1.82) is 0 Å². The van der Waals surface area contributed by atoms with Gasteiger partial charge in [0.2, 0.25) is 0 Å².